The quantitative estimate of drug-likeness (QED) is 0.294. The lowest BCUT2D eigenvalue weighted by Crippen LogP contribution is -2.42. The monoisotopic (exact) mass is 552 g/mol. The first-order valence-corrected chi connectivity index (χ1v) is 12.3. The van der Waals surface area contributed by atoms with Crippen molar-refractivity contribution in [3.05, 3.63) is 99.3 Å². The number of hydrogen-bond donors (Lipinski definition) is 1. The zero-order valence-corrected chi connectivity index (χ0v) is 21.5. The lowest BCUT2D eigenvalue weighted by molar-refractivity contribution is 0.131. The van der Waals surface area contributed by atoms with E-state index in [1.165, 1.54) is 18.2 Å². The fourth-order valence-electron chi connectivity index (χ4n) is 4.11. The minimum atomic E-state index is -0.574. The van der Waals surface area contributed by atoms with Crippen LogP contribution in [-0.2, 0) is 4.74 Å². The summed E-state index contributed by atoms with van der Waals surface area (Å²) in [4.78, 5) is 33.6. The van der Waals surface area contributed by atoms with Gasteiger partial charge in [-0.1, -0.05) is 41.1 Å². The second-order valence-electron chi connectivity index (χ2n) is 8.15. The van der Waals surface area contributed by atoms with Gasteiger partial charge in [-0.25, -0.2) is 14.2 Å². The number of halogens is 2. The number of nitrogens with one attached hydrogen (secondary N) is 1. The van der Waals surface area contributed by atoms with Gasteiger partial charge in [-0.15, -0.1) is 0 Å². The number of ether oxygens (including phenoxy) is 1. The molecule has 0 spiro atoms. The third-order valence-electron chi connectivity index (χ3n) is 5.82. The maximum Gasteiger partial charge on any atom is 0.322 e. The number of aromatic nitrogens is 2. The van der Waals surface area contributed by atoms with Crippen molar-refractivity contribution in [1.29, 1.82) is 0 Å². The first kappa shape index (κ1) is 25.5. The smallest absolute Gasteiger partial charge is 0.322 e. The number of anilines is 1. The number of nitrogens with zero attached hydrogens (tertiary/aromatic N) is 3. The Morgan fingerprint density at radius 3 is 2.58 bits per heavy atom. The summed E-state index contributed by atoms with van der Waals surface area (Å²) < 4.78 is 21.4. The number of para-hydroxylation sites is 1. The zero-order chi connectivity index (χ0) is 25.7. The number of amides is 2. The SMILES string of the molecule is CCC(c1nc2ccccc2c(=O)n1-c1ccc(Br)cc1)N(CCOC)C(=O)Nc1cccc(F)c1. The molecule has 1 atom stereocenters. The van der Waals surface area contributed by atoms with Crippen molar-refractivity contribution in [2.45, 2.75) is 19.4 Å². The Labute approximate surface area is 216 Å². The van der Waals surface area contributed by atoms with Crippen LogP contribution < -0.4 is 10.9 Å². The summed E-state index contributed by atoms with van der Waals surface area (Å²) in [6, 6.07) is 19.2. The number of benzene rings is 3. The number of carbonyl (C=O) groups excluding carboxylic acids is 1. The van der Waals surface area contributed by atoms with Crippen LogP contribution in [0.5, 0.6) is 0 Å². The van der Waals surface area contributed by atoms with Gasteiger partial charge in [0.15, 0.2) is 0 Å². The molecule has 9 heteroatoms. The van der Waals surface area contributed by atoms with Crippen LogP contribution in [0.25, 0.3) is 16.6 Å². The van der Waals surface area contributed by atoms with Crippen LogP contribution in [0, 0.1) is 5.82 Å². The molecule has 0 radical (unpaired) electrons. The van der Waals surface area contributed by atoms with Gasteiger partial charge in [0.2, 0.25) is 0 Å². The lowest BCUT2D eigenvalue weighted by atomic mass is 10.1. The Hall–Kier alpha value is -3.56. The molecule has 1 heterocycles. The summed E-state index contributed by atoms with van der Waals surface area (Å²) in [5.74, 6) is -0.0300. The fraction of sp³-hybridized carbons (Fsp3) is 0.222. The molecule has 4 aromatic rings. The highest BCUT2D eigenvalue weighted by Gasteiger charge is 2.29. The van der Waals surface area contributed by atoms with Gasteiger partial charge in [-0.05, 0) is 61.0 Å². The Bertz CT molecular complexity index is 1420. The maximum atomic E-state index is 13.7. The van der Waals surface area contributed by atoms with Crippen molar-refractivity contribution in [1.82, 2.24) is 14.5 Å². The van der Waals surface area contributed by atoms with Crippen molar-refractivity contribution in [2.24, 2.45) is 0 Å². The van der Waals surface area contributed by atoms with Gasteiger partial charge in [0.1, 0.15) is 11.6 Å². The Morgan fingerprint density at radius 1 is 1.14 bits per heavy atom. The Balaban J connectivity index is 1.86. The van der Waals surface area contributed by atoms with Crippen LogP contribution in [0.15, 0.2) is 82.1 Å². The van der Waals surface area contributed by atoms with Crippen molar-refractivity contribution < 1.29 is 13.9 Å². The van der Waals surface area contributed by atoms with Crippen LogP contribution in [0.3, 0.4) is 0 Å². The first-order valence-electron chi connectivity index (χ1n) is 11.5. The van der Waals surface area contributed by atoms with Crippen LogP contribution in [-0.4, -0.2) is 40.7 Å². The average Bonchev–Trinajstić information content (AvgIpc) is 2.87. The normalized spacial score (nSPS) is 11.9. The Morgan fingerprint density at radius 2 is 1.89 bits per heavy atom. The molecule has 7 nitrogen and oxygen atoms in total. The van der Waals surface area contributed by atoms with Gasteiger partial charge in [-0.3, -0.25) is 9.36 Å². The molecule has 0 saturated carbocycles. The largest absolute Gasteiger partial charge is 0.383 e. The van der Waals surface area contributed by atoms with E-state index in [0.717, 1.165) is 4.47 Å². The van der Waals surface area contributed by atoms with Gasteiger partial charge in [0.05, 0.1) is 29.2 Å². The van der Waals surface area contributed by atoms with Crippen LogP contribution >= 0.6 is 15.9 Å². The van der Waals surface area contributed by atoms with E-state index in [2.05, 4.69) is 21.2 Å². The minimum absolute atomic E-state index is 0.228. The van der Waals surface area contributed by atoms with Crippen molar-refractivity contribution in [3.8, 4) is 5.69 Å². The molecule has 1 N–H and O–H groups in total. The summed E-state index contributed by atoms with van der Waals surface area (Å²) in [6.45, 7) is 2.43. The highest BCUT2D eigenvalue weighted by atomic mass is 79.9. The van der Waals surface area contributed by atoms with E-state index in [0.29, 0.717) is 34.5 Å². The van der Waals surface area contributed by atoms with E-state index in [1.54, 1.807) is 40.8 Å². The van der Waals surface area contributed by atoms with Crippen molar-refractivity contribution >= 4 is 38.6 Å². The molecular weight excluding hydrogens is 527 g/mol. The summed E-state index contributed by atoms with van der Waals surface area (Å²) in [5.41, 5.74) is 1.27. The molecule has 0 fully saturated rings. The van der Waals surface area contributed by atoms with Crippen LogP contribution in [0.2, 0.25) is 0 Å². The van der Waals surface area contributed by atoms with Crippen molar-refractivity contribution in [3.63, 3.8) is 0 Å². The molecule has 4 rings (SSSR count). The van der Waals surface area contributed by atoms with Crippen LogP contribution in [0.1, 0.15) is 25.2 Å². The van der Waals surface area contributed by atoms with Gasteiger partial charge in [0.25, 0.3) is 5.56 Å². The molecule has 36 heavy (non-hydrogen) atoms. The maximum absolute atomic E-state index is 13.7. The predicted molar refractivity (Wildman–Crippen MR) is 142 cm³/mol. The summed E-state index contributed by atoms with van der Waals surface area (Å²) >= 11 is 3.44. The van der Waals surface area contributed by atoms with E-state index in [4.69, 9.17) is 9.72 Å². The molecule has 2 amide bonds. The lowest BCUT2D eigenvalue weighted by Gasteiger charge is -2.32. The fourth-order valence-corrected chi connectivity index (χ4v) is 4.37. The predicted octanol–water partition coefficient (Wildman–Crippen LogP) is 5.92. The molecule has 0 bridgehead atoms. The molecular formula is C27H26BrFN4O3. The van der Waals surface area contributed by atoms with Crippen molar-refractivity contribution in [2.75, 3.05) is 25.6 Å². The summed E-state index contributed by atoms with van der Waals surface area (Å²) in [6.07, 6.45) is 0.474. The number of urea groups is 1. The van der Waals surface area contributed by atoms with E-state index in [9.17, 15) is 14.0 Å². The molecule has 3 aromatic carbocycles. The summed E-state index contributed by atoms with van der Waals surface area (Å²) in [5, 5.41) is 3.24. The topological polar surface area (TPSA) is 76.5 Å². The standard InChI is InChI=1S/C27H26BrFN4O3/c1-3-24(32(15-16-36-2)27(35)30-20-8-6-7-19(29)17-20)25-31-23-10-5-4-9-22(23)26(34)33(25)21-13-11-18(28)12-14-21/h4-14,17,24H,3,15-16H2,1-2H3,(H,30,35). The molecule has 0 aliphatic carbocycles. The molecule has 1 aromatic heterocycles. The average molecular weight is 553 g/mol. The number of fused-ring (bicyclic) bond motifs is 1. The third kappa shape index (κ3) is 5.47. The van der Waals surface area contributed by atoms with E-state index in [-0.39, 0.29) is 18.7 Å². The number of carbonyl (C=O) groups is 1. The second kappa shape index (κ2) is 11.5. The summed E-state index contributed by atoms with van der Waals surface area (Å²) in [7, 11) is 1.55. The number of hydrogen-bond acceptors (Lipinski definition) is 4. The number of rotatable bonds is 8. The minimum Gasteiger partial charge on any atom is -0.383 e. The molecule has 0 saturated heterocycles. The molecule has 186 valence electrons. The van der Waals surface area contributed by atoms with Gasteiger partial charge < -0.3 is 15.0 Å². The van der Waals surface area contributed by atoms with E-state index < -0.39 is 17.9 Å². The van der Waals surface area contributed by atoms with Gasteiger partial charge in [-0.2, -0.15) is 0 Å². The number of methoxy groups -OCH3 is 1. The molecule has 1 unspecified atom stereocenters. The van der Waals surface area contributed by atoms with E-state index >= 15 is 0 Å². The first-order chi connectivity index (χ1) is 17.4. The third-order valence-corrected chi connectivity index (χ3v) is 6.35. The highest BCUT2D eigenvalue weighted by molar-refractivity contribution is 9.10. The highest BCUT2D eigenvalue weighted by Crippen LogP contribution is 2.27. The van der Waals surface area contributed by atoms with E-state index in [1.807, 2.05) is 37.3 Å². The van der Waals surface area contributed by atoms with Gasteiger partial charge >= 0.3 is 6.03 Å². The molecule has 0 aliphatic rings. The Kier molecular flexibility index (Phi) is 8.12. The van der Waals surface area contributed by atoms with Crippen LogP contribution in [0.4, 0.5) is 14.9 Å². The van der Waals surface area contributed by atoms with Gasteiger partial charge in [0, 0.05) is 23.8 Å². The zero-order valence-electron chi connectivity index (χ0n) is 19.9. The molecule has 0 aliphatic heterocycles. The second-order valence-corrected chi connectivity index (χ2v) is 9.07.